The van der Waals surface area contributed by atoms with E-state index in [-0.39, 0.29) is 0 Å². The van der Waals surface area contributed by atoms with Crippen LogP contribution in [0.5, 0.6) is 0 Å². The van der Waals surface area contributed by atoms with Crippen LogP contribution < -0.4 is 5.32 Å². The Morgan fingerprint density at radius 2 is 1.88 bits per heavy atom. The van der Waals surface area contributed by atoms with Gasteiger partial charge in [-0.1, -0.05) is 29.8 Å². The molecule has 0 saturated carbocycles. The second kappa shape index (κ2) is 6.15. The number of nitrogens with zero attached hydrogens (tertiary/aromatic N) is 1. The van der Waals surface area contributed by atoms with Gasteiger partial charge in [0.2, 0.25) is 0 Å². The molecule has 1 unspecified atom stereocenters. The molecule has 1 saturated heterocycles. The van der Waals surface area contributed by atoms with Gasteiger partial charge in [-0.15, -0.1) is 0 Å². The van der Waals surface area contributed by atoms with Crippen LogP contribution in [0.4, 0.5) is 0 Å². The summed E-state index contributed by atoms with van der Waals surface area (Å²) in [6.45, 7) is 6.35. The number of benzene rings is 1. The number of likely N-dealkylation sites (tertiary alicyclic amines) is 1. The molecule has 17 heavy (non-hydrogen) atoms. The fourth-order valence-corrected chi connectivity index (χ4v) is 2.23. The first-order valence-electron chi connectivity index (χ1n) is 6.46. The van der Waals surface area contributed by atoms with Crippen molar-refractivity contribution in [1.82, 2.24) is 10.2 Å². The molecular formula is C14H22N2O. The SMILES string of the molecule is Cc1ccc(C(O)NCCN2CCCC2)cc1. The first kappa shape index (κ1) is 12.6. The van der Waals surface area contributed by atoms with Crippen molar-refractivity contribution >= 4 is 0 Å². The average Bonchev–Trinajstić information content (AvgIpc) is 2.83. The zero-order valence-electron chi connectivity index (χ0n) is 10.5. The minimum absolute atomic E-state index is 0.543. The lowest BCUT2D eigenvalue weighted by atomic mass is 10.1. The van der Waals surface area contributed by atoms with E-state index in [9.17, 15) is 5.11 Å². The van der Waals surface area contributed by atoms with E-state index in [0.29, 0.717) is 0 Å². The number of hydrogen-bond acceptors (Lipinski definition) is 3. The van der Waals surface area contributed by atoms with Crippen LogP contribution in [0, 0.1) is 6.92 Å². The molecule has 0 amide bonds. The van der Waals surface area contributed by atoms with E-state index in [1.165, 1.54) is 31.5 Å². The standard InChI is InChI=1S/C14H22N2O/c1-12-4-6-13(7-5-12)14(17)15-8-11-16-9-2-3-10-16/h4-7,14-15,17H,2-3,8-11H2,1H3. The van der Waals surface area contributed by atoms with Crippen molar-refractivity contribution in [3.8, 4) is 0 Å². The number of hydrogen-bond donors (Lipinski definition) is 2. The van der Waals surface area contributed by atoms with E-state index in [0.717, 1.165) is 18.7 Å². The van der Waals surface area contributed by atoms with Crippen molar-refractivity contribution in [2.45, 2.75) is 26.0 Å². The molecule has 2 N–H and O–H groups in total. The Bertz CT molecular complexity index is 331. The van der Waals surface area contributed by atoms with Crippen LogP contribution in [0.3, 0.4) is 0 Å². The van der Waals surface area contributed by atoms with Crippen LogP contribution >= 0.6 is 0 Å². The molecule has 3 heteroatoms. The zero-order chi connectivity index (χ0) is 12.1. The molecule has 1 heterocycles. The van der Waals surface area contributed by atoms with Gasteiger partial charge in [-0.05, 0) is 38.4 Å². The van der Waals surface area contributed by atoms with Crippen molar-refractivity contribution in [2.75, 3.05) is 26.2 Å². The van der Waals surface area contributed by atoms with E-state index in [4.69, 9.17) is 0 Å². The van der Waals surface area contributed by atoms with E-state index in [1.54, 1.807) is 0 Å². The molecule has 1 aliphatic rings. The van der Waals surface area contributed by atoms with E-state index >= 15 is 0 Å². The monoisotopic (exact) mass is 234 g/mol. The van der Waals surface area contributed by atoms with E-state index < -0.39 is 6.23 Å². The summed E-state index contributed by atoms with van der Waals surface area (Å²) in [5, 5.41) is 13.1. The Kier molecular flexibility index (Phi) is 4.54. The molecule has 0 radical (unpaired) electrons. The van der Waals surface area contributed by atoms with Crippen LogP contribution in [0.2, 0.25) is 0 Å². The summed E-state index contributed by atoms with van der Waals surface area (Å²) in [7, 11) is 0. The summed E-state index contributed by atoms with van der Waals surface area (Å²) < 4.78 is 0. The van der Waals surface area contributed by atoms with E-state index in [1.807, 2.05) is 24.3 Å². The average molecular weight is 234 g/mol. The van der Waals surface area contributed by atoms with E-state index in [2.05, 4.69) is 17.1 Å². The molecule has 1 aromatic carbocycles. The van der Waals surface area contributed by atoms with Gasteiger partial charge in [0, 0.05) is 13.1 Å². The van der Waals surface area contributed by atoms with Gasteiger partial charge in [0.15, 0.2) is 0 Å². The molecule has 1 aromatic rings. The minimum Gasteiger partial charge on any atom is -0.374 e. The summed E-state index contributed by atoms with van der Waals surface area (Å²) >= 11 is 0. The number of aryl methyl sites for hydroxylation is 1. The molecule has 0 bridgehead atoms. The van der Waals surface area contributed by atoms with Gasteiger partial charge >= 0.3 is 0 Å². The lowest BCUT2D eigenvalue weighted by molar-refractivity contribution is 0.134. The Morgan fingerprint density at radius 1 is 1.24 bits per heavy atom. The smallest absolute Gasteiger partial charge is 0.131 e. The molecule has 3 nitrogen and oxygen atoms in total. The van der Waals surface area contributed by atoms with Crippen LogP contribution in [0.15, 0.2) is 24.3 Å². The van der Waals surface area contributed by atoms with Gasteiger partial charge in [0.1, 0.15) is 6.23 Å². The topological polar surface area (TPSA) is 35.5 Å². The van der Waals surface area contributed by atoms with Gasteiger partial charge < -0.3 is 10.0 Å². The van der Waals surface area contributed by atoms with Crippen LogP contribution in [-0.2, 0) is 0 Å². The highest BCUT2D eigenvalue weighted by molar-refractivity contribution is 5.22. The molecule has 1 aliphatic heterocycles. The van der Waals surface area contributed by atoms with Gasteiger partial charge in [-0.2, -0.15) is 0 Å². The Balaban J connectivity index is 1.72. The molecule has 1 fully saturated rings. The maximum Gasteiger partial charge on any atom is 0.131 e. The predicted molar refractivity (Wildman–Crippen MR) is 69.8 cm³/mol. The number of aliphatic hydroxyl groups excluding tert-OH is 1. The number of aliphatic hydroxyl groups is 1. The normalized spacial score (nSPS) is 18.5. The third-order valence-corrected chi connectivity index (χ3v) is 3.36. The highest BCUT2D eigenvalue weighted by atomic mass is 16.3. The Labute approximate surface area is 103 Å². The molecule has 0 aromatic heterocycles. The summed E-state index contributed by atoms with van der Waals surface area (Å²) in [4.78, 5) is 2.44. The fraction of sp³-hybridized carbons (Fsp3) is 0.571. The number of nitrogens with one attached hydrogen (secondary N) is 1. The quantitative estimate of drug-likeness (QED) is 0.761. The fourth-order valence-electron chi connectivity index (χ4n) is 2.23. The first-order valence-corrected chi connectivity index (χ1v) is 6.46. The third kappa shape index (κ3) is 3.80. The Hall–Kier alpha value is -0.900. The van der Waals surface area contributed by atoms with Crippen molar-refractivity contribution in [3.63, 3.8) is 0 Å². The highest BCUT2D eigenvalue weighted by Gasteiger charge is 2.11. The summed E-state index contributed by atoms with van der Waals surface area (Å²) in [6, 6.07) is 8.01. The van der Waals surface area contributed by atoms with Gasteiger partial charge in [-0.3, -0.25) is 5.32 Å². The lowest BCUT2D eigenvalue weighted by Crippen LogP contribution is -2.32. The molecule has 94 valence electrons. The van der Waals surface area contributed by atoms with Crippen molar-refractivity contribution in [1.29, 1.82) is 0 Å². The predicted octanol–water partition coefficient (Wildman–Crippen LogP) is 1.67. The second-order valence-electron chi connectivity index (χ2n) is 4.82. The maximum absolute atomic E-state index is 9.96. The highest BCUT2D eigenvalue weighted by Crippen LogP contribution is 2.11. The molecule has 0 spiro atoms. The zero-order valence-corrected chi connectivity index (χ0v) is 10.5. The first-order chi connectivity index (χ1) is 8.25. The summed E-state index contributed by atoms with van der Waals surface area (Å²) in [6.07, 6.45) is 2.10. The van der Waals surface area contributed by atoms with Crippen molar-refractivity contribution in [2.24, 2.45) is 0 Å². The van der Waals surface area contributed by atoms with Gasteiger partial charge in [0.05, 0.1) is 0 Å². The largest absolute Gasteiger partial charge is 0.374 e. The second-order valence-corrected chi connectivity index (χ2v) is 4.82. The van der Waals surface area contributed by atoms with Crippen LogP contribution in [-0.4, -0.2) is 36.2 Å². The maximum atomic E-state index is 9.96. The number of rotatable bonds is 5. The van der Waals surface area contributed by atoms with Gasteiger partial charge in [0.25, 0.3) is 0 Å². The molecular weight excluding hydrogens is 212 g/mol. The molecule has 1 atom stereocenters. The lowest BCUT2D eigenvalue weighted by Gasteiger charge is -2.18. The van der Waals surface area contributed by atoms with Crippen LogP contribution in [0.1, 0.15) is 30.2 Å². The molecule has 0 aliphatic carbocycles. The molecule has 2 rings (SSSR count). The summed E-state index contributed by atoms with van der Waals surface area (Å²) in [5.41, 5.74) is 2.16. The third-order valence-electron chi connectivity index (χ3n) is 3.36. The van der Waals surface area contributed by atoms with Gasteiger partial charge in [-0.25, -0.2) is 0 Å². The van der Waals surface area contributed by atoms with Crippen LogP contribution in [0.25, 0.3) is 0 Å². The van der Waals surface area contributed by atoms with Crippen molar-refractivity contribution in [3.05, 3.63) is 35.4 Å². The Morgan fingerprint density at radius 3 is 2.53 bits per heavy atom. The summed E-state index contributed by atoms with van der Waals surface area (Å²) in [5.74, 6) is 0. The van der Waals surface area contributed by atoms with Crippen molar-refractivity contribution < 1.29 is 5.11 Å². The minimum atomic E-state index is -0.543.